The van der Waals surface area contributed by atoms with Crippen molar-refractivity contribution < 1.29 is 4.79 Å². The molecular weight excluding hydrogens is 356 g/mol. The van der Waals surface area contributed by atoms with Gasteiger partial charge in [-0.1, -0.05) is 84.4 Å². The third-order valence-corrected chi connectivity index (χ3v) is 5.96. The van der Waals surface area contributed by atoms with Crippen LogP contribution in [-0.2, 0) is 10.2 Å². The third-order valence-electron chi connectivity index (χ3n) is 5.96. The topological polar surface area (TPSA) is 41.5 Å². The molecule has 0 heterocycles. The summed E-state index contributed by atoms with van der Waals surface area (Å²) in [5.74, 6) is -0.148. The highest BCUT2D eigenvalue weighted by molar-refractivity contribution is 6.00. The van der Waals surface area contributed by atoms with Crippen molar-refractivity contribution in [2.45, 2.75) is 32.6 Å². The number of nitrogens with zero attached hydrogens (tertiary/aromatic N) is 1. The van der Waals surface area contributed by atoms with Crippen LogP contribution in [0, 0.1) is 19.8 Å². The number of benzene rings is 3. The zero-order chi connectivity index (χ0) is 20.4. The van der Waals surface area contributed by atoms with Gasteiger partial charge in [-0.15, -0.1) is 0 Å². The molecule has 0 aromatic heterocycles. The molecule has 1 aliphatic carbocycles. The first kappa shape index (κ1) is 19.1. The van der Waals surface area contributed by atoms with E-state index >= 15 is 0 Å². The molecule has 3 heteroatoms. The fraction of sp³-hybridized carbons (Fsp3) is 0.231. The van der Waals surface area contributed by atoms with Gasteiger partial charge < -0.3 is 0 Å². The molecule has 0 aliphatic heterocycles. The van der Waals surface area contributed by atoms with Gasteiger partial charge in [0.15, 0.2) is 0 Å². The average molecular weight is 383 g/mol. The van der Waals surface area contributed by atoms with Gasteiger partial charge in [0.2, 0.25) is 5.91 Å². The zero-order valence-corrected chi connectivity index (χ0v) is 17.1. The quantitative estimate of drug-likeness (QED) is 0.481. The van der Waals surface area contributed by atoms with Crippen LogP contribution in [0.5, 0.6) is 0 Å². The Morgan fingerprint density at radius 2 is 1.52 bits per heavy atom. The number of rotatable bonds is 5. The van der Waals surface area contributed by atoms with Crippen LogP contribution in [0.4, 0.5) is 0 Å². The van der Waals surface area contributed by atoms with Crippen LogP contribution < -0.4 is 5.43 Å². The zero-order valence-electron chi connectivity index (χ0n) is 17.1. The van der Waals surface area contributed by atoms with E-state index in [1.54, 1.807) is 0 Å². The van der Waals surface area contributed by atoms with Crippen molar-refractivity contribution in [1.82, 2.24) is 5.43 Å². The maximum Gasteiger partial charge on any atom is 0.244 e. The summed E-state index contributed by atoms with van der Waals surface area (Å²) >= 11 is 0. The second-order valence-electron chi connectivity index (χ2n) is 7.95. The van der Waals surface area contributed by atoms with Crippen LogP contribution in [0.1, 0.15) is 41.2 Å². The molecule has 0 unspecified atom stereocenters. The molecule has 29 heavy (non-hydrogen) atoms. The van der Waals surface area contributed by atoms with Crippen LogP contribution in [-0.4, -0.2) is 11.6 Å². The lowest BCUT2D eigenvalue weighted by Gasteiger charge is -2.18. The van der Waals surface area contributed by atoms with Gasteiger partial charge >= 0.3 is 0 Å². The van der Waals surface area contributed by atoms with Crippen molar-refractivity contribution in [2.24, 2.45) is 11.0 Å². The van der Waals surface area contributed by atoms with Gasteiger partial charge in [-0.2, -0.15) is 5.10 Å². The minimum Gasteiger partial charge on any atom is -0.273 e. The van der Waals surface area contributed by atoms with Crippen molar-refractivity contribution in [3.63, 3.8) is 0 Å². The van der Waals surface area contributed by atoms with Crippen LogP contribution in [0.15, 0.2) is 84.0 Å². The standard InChI is InChI=1S/C26H26N2O/c1-18-14-15-23(19(2)16-18)20(3)27-28-25(29)24-17-26(24,21-10-6-4-7-11-21)22-12-8-5-9-13-22/h4-16,24H,17H2,1-3H3,(H,28,29)/b27-20-/t24-/m1/s1. The van der Waals surface area contributed by atoms with E-state index in [9.17, 15) is 4.79 Å². The number of carbonyl (C=O) groups excluding carboxylic acids is 1. The van der Waals surface area contributed by atoms with Gasteiger partial charge in [0.05, 0.1) is 11.6 Å². The van der Waals surface area contributed by atoms with E-state index < -0.39 is 0 Å². The van der Waals surface area contributed by atoms with E-state index in [2.05, 4.69) is 66.8 Å². The Morgan fingerprint density at radius 3 is 2.07 bits per heavy atom. The minimum atomic E-state index is -0.268. The van der Waals surface area contributed by atoms with Gasteiger partial charge in [-0.25, -0.2) is 5.43 Å². The van der Waals surface area contributed by atoms with E-state index in [0.717, 1.165) is 23.3 Å². The monoisotopic (exact) mass is 382 g/mol. The Morgan fingerprint density at radius 1 is 0.931 bits per heavy atom. The summed E-state index contributed by atoms with van der Waals surface area (Å²) in [6.07, 6.45) is 0.797. The molecule has 4 rings (SSSR count). The van der Waals surface area contributed by atoms with E-state index in [1.165, 1.54) is 16.7 Å². The molecule has 3 nitrogen and oxygen atoms in total. The van der Waals surface area contributed by atoms with E-state index in [1.807, 2.05) is 43.3 Å². The highest BCUT2D eigenvalue weighted by Gasteiger charge is 2.60. The second-order valence-corrected chi connectivity index (χ2v) is 7.95. The third kappa shape index (κ3) is 3.61. The number of hydrogen-bond donors (Lipinski definition) is 1. The van der Waals surface area contributed by atoms with Crippen LogP contribution in [0.3, 0.4) is 0 Å². The van der Waals surface area contributed by atoms with Crippen molar-refractivity contribution in [1.29, 1.82) is 0 Å². The molecule has 146 valence electrons. The summed E-state index contributed by atoms with van der Waals surface area (Å²) < 4.78 is 0. The number of hydrazone groups is 1. The Hall–Kier alpha value is -3.20. The SMILES string of the molecule is C/C(=N/NC(=O)[C@H]1CC1(c1ccccc1)c1ccccc1)c1ccc(C)cc1C. The maximum absolute atomic E-state index is 13.0. The van der Waals surface area contributed by atoms with Gasteiger partial charge in [0.1, 0.15) is 0 Å². The lowest BCUT2D eigenvalue weighted by atomic mass is 9.85. The number of hydrogen-bond acceptors (Lipinski definition) is 2. The van der Waals surface area contributed by atoms with Crippen LogP contribution in [0.2, 0.25) is 0 Å². The van der Waals surface area contributed by atoms with Gasteiger partial charge in [-0.05, 0) is 43.9 Å². The van der Waals surface area contributed by atoms with E-state index in [-0.39, 0.29) is 17.2 Å². The first-order chi connectivity index (χ1) is 14.0. The van der Waals surface area contributed by atoms with Crippen molar-refractivity contribution in [3.05, 3.63) is 107 Å². The first-order valence-electron chi connectivity index (χ1n) is 10.0. The van der Waals surface area contributed by atoms with Crippen molar-refractivity contribution in [3.8, 4) is 0 Å². The van der Waals surface area contributed by atoms with Gasteiger partial charge in [0, 0.05) is 11.0 Å². The lowest BCUT2D eigenvalue weighted by molar-refractivity contribution is -0.122. The number of nitrogens with one attached hydrogen (secondary N) is 1. The molecule has 0 radical (unpaired) electrons. The molecule has 1 saturated carbocycles. The van der Waals surface area contributed by atoms with Gasteiger partial charge in [-0.3, -0.25) is 4.79 Å². The van der Waals surface area contributed by atoms with Gasteiger partial charge in [0.25, 0.3) is 0 Å². The molecule has 1 aliphatic rings. The van der Waals surface area contributed by atoms with Crippen molar-refractivity contribution in [2.75, 3.05) is 0 Å². The Labute approximate surface area is 172 Å². The summed E-state index contributed by atoms with van der Waals surface area (Å²) in [4.78, 5) is 13.0. The highest BCUT2D eigenvalue weighted by Crippen LogP contribution is 2.58. The molecule has 1 atom stereocenters. The Kier molecular flexibility index (Phi) is 5.06. The molecular formula is C26H26N2O. The Balaban J connectivity index is 1.57. The van der Waals surface area contributed by atoms with Crippen LogP contribution in [0.25, 0.3) is 0 Å². The molecule has 1 amide bonds. The molecule has 0 spiro atoms. The minimum absolute atomic E-state index is 0.0261. The highest BCUT2D eigenvalue weighted by atomic mass is 16.2. The van der Waals surface area contributed by atoms with E-state index in [0.29, 0.717) is 0 Å². The molecule has 1 N–H and O–H groups in total. The fourth-order valence-electron chi connectivity index (χ4n) is 4.35. The lowest BCUT2D eigenvalue weighted by Crippen LogP contribution is -2.26. The summed E-state index contributed by atoms with van der Waals surface area (Å²) in [5.41, 5.74) is 9.18. The summed E-state index contributed by atoms with van der Waals surface area (Å²) in [7, 11) is 0. The molecule has 1 fully saturated rings. The largest absolute Gasteiger partial charge is 0.273 e. The molecule has 3 aromatic rings. The summed E-state index contributed by atoms with van der Waals surface area (Å²) in [5, 5.41) is 4.42. The summed E-state index contributed by atoms with van der Waals surface area (Å²) in [6, 6.07) is 26.9. The smallest absolute Gasteiger partial charge is 0.244 e. The van der Waals surface area contributed by atoms with Crippen molar-refractivity contribution >= 4 is 11.6 Å². The number of aryl methyl sites for hydroxylation is 2. The predicted molar refractivity (Wildman–Crippen MR) is 118 cm³/mol. The number of amides is 1. The summed E-state index contributed by atoms with van der Waals surface area (Å²) in [6.45, 7) is 6.08. The average Bonchev–Trinajstić information content (AvgIpc) is 3.50. The molecule has 0 saturated heterocycles. The normalized spacial score (nSPS) is 17.6. The number of carbonyl (C=O) groups is 1. The molecule has 3 aromatic carbocycles. The maximum atomic E-state index is 13.0. The molecule has 0 bridgehead atoms. The van der Waals surface area contributed by atoms with E-state index in [4.69, 9.17) is 0 Å². The van der Waals surface area contributed by atoms with Crippen LogP contribution >= 0.6 is 0 Å². The fourth-order valence-corrected chi connectivity index (χ4v) is 4.35. The second kappa shape index (κ2) is 7.67. The first-order valence-corrected chi connectivity index (χ1v) is 10.0. The predicted octanol–water partition coefficient (Wildman–Crippen LogP) is 5.15. The Bertz CT molecular complexity index is 1020.